The molecule has 0 bridgehead atoms. The van der Waals surface area contributed by atoms with Crippen molar-refractivity contribution in [2.24, 2.45) is 0 Å². The van der Waals surface area contributed by atoms with Gasteiger partial charge in [-0.1, -0.05) is 41.5 Å². The van der Waals surface area contributed by atoms with Crippen molar-refractivity contribution in [3.05, 3.63) is 20.0 Å². The molecule has 0 aromatic carbocycles. The number of nitrogens with zero attached hydrogens (tertiary/aromatic N) is 1. The normalized spacial score (nSPS) is 8.30. The van der Waals surface area contributed by atoms with Crippen LogP contribution in [0.1, 0.15) is 41.5 Å². The fourth-order valence-electron chi connectivity index (χ4n) is 1.79. The van der Waals surface area contributed by atoms with Gasteiger partial charge in [0.2, 0.25) is 0 Å². The summed E-state index contributed by atoms with van der Waals surface area (Å²) in [4.78, 5) is 0. The molecule has 0 aromatic heterocycles. The summed E-state index contributed by atoms with van der Waals surface area (Å²) in [6.07, 6.45) is 0. The van der Waals surface area contributed by atoms with E-state index in [0.29, 0.717) is 17.0 Å². The van der Waals surface area contributed by atoms with Gasteiger partial charge < -0.3 is 20.0 Å². The largest absolute Gasteiger partial charge is 3.00 e. The molecule has 0 aliphatic rings. The van der Waals surface area contributed by atoms with E-state index >= 15 is 0 Å². The van der Waals surface area contributed by atoms with Gasteiger partial charge in [0, 0.05) is 0 Å². The Bertz CT molecular complexity index is 181. The van der Waals surface area contributed by atoms with Crippen LogP contribution in [0.5, 0.6) is 0 Å². The minimum Gasteiger partial charge on any atom is -0.807 e. The third-order valence-corrected chi connectivity index (χ3v) is 7.45. The summed E-state index contributed by atoms with van der Waals surface area (Å²) in [5, 5.41) is 10.4. The van der Waals surface area contributed by atoms with Gasteiger partial charge in [0.25, 0.3) is 0 Å². The molecule has 0 aromatic rings. The Morgan fingerprint density at radius 3 is 0.652 bits per heavy atom. The van der Waals surface area contributed by atoms with Crippen molar-refractivity contribution in [1.82, 2.24) is 0 Å². The standard InChI is InChI=1S/C9H21NP.8CH3.3Al.Ti/c1-7(2)11(10,8(3)4)9(5)6;;;;;;;;;;;;/h7-9H,1-6H3;8*1H3;;;;/q-1;;;;;;;2*-1;;;;+3. The molecule has 6 heteroatoms. The topological polar surface area (TPSA) is 22.3 Å². The minimum absolute atomic E-state index is 0. The van der Waals surface area contributed by atoms with Crippen molar-refractivity contribution in [2.75, 3.05) is 0 Å². The van der Waals surface area contributed by atoms with Crippen molar-refractivity contribution < 1.29 is 21.7 Å². The minimum atomic E-state index is -1.69. The van der Waals surface area contributed by atoms with Gasteiger partial charge in [-0.2, -0.15) is 0 Å². The summed E-state index contributed by atoms with van der Waals surface area (Å²) in [6.45, 7) is 12.8. The molecule has 0 N–H and O–H groups in total. The van der Waals surface area contributed by atoms with Crippen LogP contribution in [0.25, 0.3) is 5.16 Å². The molecule has 0 aliphatic heterocycles. The monoisotopic (exact) mass is 423 g/mol. The van der Waals surface area contributed by atoms with Crippen LogP contribution in [0.15, 0.2) is 0 Å². The van der Waals surface area contributed by atoms with Crippen molar-refractivity contribution in [2.45, 2.75) is 93.2 Å². The summed E-state index contributed by atoms with van der Waals surface area (Å²) in [5.41, 5.74) is 1.34. The molecule has 1 nitrogen and oxygen atoms in total. The maximum atomic E-state index is 10.4. The van der Waals surface area contributed by atoms with Crippen LogP contribution in [-0.4, -0.2) is 62.6 Å². The molecule has 0 aliphatic carbocycles. The van der Waals surface area contributed by atoms with E-state index in [4.69, 9.17) is 0 Å². The Morgan fingerprint density at radius 2 is 0.652 bits per heavy atom. The van der Waals surface area contributed by atoms with Crippen LogP contribution in [0, 0.1) is 14.9 Å². The van der Waals surface area contributed by atoms with E-state index in [2.05, 4.69) is 76.3 Å². The second-order valence-electron chi connectivity index (χ2n) is 5.81. The van der Waals surface area contributed by atoms with Gasteiger partial charge in [0.15, 0.2) is 45.7 Å². The summed E-state index contributed by atoms with van der Waals surface area (Å²) in [6, 6.07) is 0. The van der Waals surface area contributed by atoms with Crippen LogP contribution in [0.3, 0.4) is 0 Å². The Balaban J connectivity index is -0.0000000363. The quantitative estimate of drug-likeness (QED) is 0.259. The SMILES string of the molecule is CC(C)P(=[N-])(C(C)C)C(C)C.[CH3-].[CH3-].[CH3][Al][CH3].[CH3][Al][CH3].[CH3][Al][CH3].[Ti+3]. The van der Waals surface area contributed by atoms with Crippen LogP contribution in [0.2, 0.25) is 34.7 Å². The van der Waals surface area contributed by atoms with Gasteiger partial charge >= 0.3 is 21.7 Å². The second kappa shape index (κ2) is 32.2. The number of hydrogen-bond donors (Lipinski definition) is 0. The van der Waals surface area contributed by atoms with Crippen molar-refractivity contribution in [3.8, 4) is 0 Å². The first kappa shape index (κ1) is 44.7. The van der Waals surface area contributed by atoms with Crippen LogP contribution >= 0.6 is 7.05 Å². The molecule has 0 unspecified atom stereocenters. The Morgan fingerprint density at radius 1 is 0.565 bits per heavy atom. The van der Waals surface area contributed by atoms with Crippen LogP contribution < -0.4 is 0 Å². The first-order valence-electron chi connectivity index (χ1n) is 7.90. The van der Waals surface area contributed by atoms with E-state index in [-0.39, 0.29) is 36.6 Å². The first-order chi connectivity index (χ1) is 9.07. The molecule has 136 valence electrons. The molecular weight excluding hydrogens is 378 g/mol. The van der Waals surface area contributed by atoms with Crippen LogP contribution in [0.4, 0.5) is 0 Å². The molecule has 0 rings (SSSR count). The Kier molecular flexibility index (Phi) is 62.7. The van der Waals surface area contributed by atoms with Gasteiger partial charge in [-0.3, -0.25) is 0 Å². The fraction of sp³-hybridized carbons (Fsp3) is 0.882. The molecule has 4 radical (unpaired) electrons. The molecule has 0 saturated heterocycles. The fourth-order valence-corrected chi connectivity index (χ4v) is 5.37. The van der Waals surface area contributed by atoms with E-state index in [1.54, 1.807) is 0 Å². The van der Waals surface area contributed by atoms with Gasteiger partial charge in [-0.25, -0.2) is 7.05 Å². The predicted molar refractivity (Wildman–Crippen MR) is 121 cm³/mol. The van der Waals surface area contributed by atoms with Crippen LogP contribution in [-0.2, 0) is 21.7 Å². The maximum absolute atomic E-state index is 10.4. The smallest absolute Gasteiger partial charge is 0.807 e. The Labute approximate surface area is 186 Å². The Hall–Kier alpha value is 2.54. The van der Waals surface area contributed by atoms with Gasteiger partial charge in [-0.05, 0) is 17.0 Å². The van der Waals surface area contributed by atoms with E-state index < -0.39 is 7.05 Å². The summed E-state index contributed by atoms with van der Waals surface area (Å²) in [7, 11) is -1.69. The molecule has 0 amide bonds. The molecule has 0 heterocycles. The average Bonchev–Trinajstić information content (AvgIpc) is 2.30. The molecule has 0 atom stereocenters. The number of rotatable bonds is 3. The zero-order valence-electron chi connectivity index (χ0n) is 18.9. The zero-order valence-corrected chi connectivity index (χ0v) is 24.8. The van der Waals surface area contributed by atoms with E-state index in [1.807, 2.05) is 0 Å². The summed E-state index contributed by atoms with van der Waals surface area (Å²) >= 11 is 2.25. The first-order valence-corrected chi connectivity index (χ1v) is 16.8. The average molecular weight is 423 g/mol. The molecular formula is C17H45Al3NPTi. The van der Waals surface area contributed by atoms with E-state index in [0.717, 1.165) is 45.7 Å². The second-order valence-corrected chi connectivity index (χ2v) is 14.0. The third kappa shape index (κ3) is 29.6. The van der Waals surface area contributed by atoms with Crippen molar-refractivity contribution in [1.29, 1.82) is 0 Å². The zero-order chi connectivity index (χ0) is 17.4. The molecule has 0 spiro atoms. The van der Waals surface area contributed by atoms with Gasteiger partial charge in [0.05, 0.1) is 0 Å². The molecule has 0 saturated carbocycles. The van der Waals surface area contributed by atoms with Gasteiger partial charge in [-0.15, -0.1) is 34.7 Å². The molecule has 0 fully saturated rings. The number of hydrogen-bond acceptors (Lipinski definition) is 0. The van der Waals surface area contributed by atoms with E-state index in [9.17, 15) is 5.16 Å². The summed E-state index contributed by atoms with van der Waals surface area (Å²) < 4.78 is 0. The predicted octanol–water partition coefficient (Wildman–Crippen LogP) is 7.24. The van der Waals surface area contributed by atoms with Crippen molar-refractivity contribution >= 4 is 52.7 Å². The third-order valence-electron chi connectivity index (χ3n) is 2.48. The van der Waals surface area contributed by atoms with E-state index in [1.165, 1.54) is 0 Å². The maximum Gasteiger partial charge on any atom is 3.00 e. The molecule has 23 heavy (non-hydrogen) atoms. The van der Waals surface area contributed by atoms with Gasteiger partial charge in [0.1, 0.15) is 0 Å². The summed E-state index contributed by atoms with van der Waals surface area (Å²) in [5.74, 6) is 13.3. The van der Waals surface area contributed by atoms with Crippen molar-refractivity contribution in [3.63, 3.8) is 0 Å².